The van der Waals surface area contributed by atoms with Crippen LogP contribution in [0, 0.1) is 0 Å². The maximum Gasteiger partial charge on any atom is 0.109 e. The quantitative estimate of drug-likeness (QED) is 0.538. The standard InChI is InChI=1S/C18H26N4O3/c1-23-9-17(13-5-3-11(19)7-15(13)21)25-18(10-24-2)14-6-4-12(20)8-16(14)22/h3-8,17-18H,9-10,19-22H2,1-2H3. The third-order valence-electron chi connectivity index (χ3n) is 3.88. The van der Waals surface area contributed by atoms with Crippen LogP contribution in [0.2, 0.25) is 0 Å². The SMILES string of the molecule is COCC(OC(COC)c1ccc(N)cc1N)c1ccc(N)cc1N. The molecule has 2 unspecified atom stereocenters. The summed E-state index contributed by atoms with van der Waals surface area (Å²) in [6.07, 6.45) is -0.801. The minimum atomic E-state index is -0.400. The van der Waals surface area contributed by atoms with Crippen molar-refractivity contribution in [2.75, 3.05) is 50.4 Å². The molecule has 0 saturated heterocycles. The van der Waals surface area contributed by atoms with Crippen LogP contribution in [-0.2, 0) is 14.2 Å². The molecule has 0 radical (unpaired) electrons. The van der Waals surface area contributed by atoms with E-state index < -0.39 is 12.2 Å². The summed E-state index contributed by atoms with van der Waals surface area (Å²) in [5.74, 6) is 0. The smallest absolute Gasteiger partial charge is 0.109 e. The molecular formula is C18H26N4O3. The molecule has 8 N–H and O–H groups in total. The average molecular weight is 346 g/mol. The van der Waals surface area contributed by atoms with Crippen LogP contribution in [0.3, 0.4) is 0 Å². The van der Waals surface area contributed by atoms with E-state index in [0.29, 0.717) is 36.0 Å². The number of ether oxygens (including phenoxy) is 3. The number of nitrogen functional groups attached to an aromatic ring is 4. The third-order valence-corrected chi connectivity index (χ3v) is 3.88. The van der Waals surface area contributed by atoms with E-state index in [1.54, 1.807) is 38.5 Å². The van der Waals surface area contributed by atoms with Gasteiger partial charge in [0.15, 0.2) is 0 Å². The van der Waals surface area contributed by atoms with E-state index >= 15 is 0 Å². The van der Waals surface area contributed by atoms with Gasteiger partial charge in [0.05, 0.1) is 13.2 Å². The van der Waals surface area contributed by atoms with Gasteiger partial charge in [0, 0.05) is 48.1 Å². The van der Waals surface area contributed by atoms with Crippen LogP contribution >= 0.6 is 0 Å². The molecule has 0 bridgehead atoms. The van der Waals surface area contributed by atoms with Crippen LogP contribution in [0.4, 0.5) is 22.7 Å². The van der Waals surface area contributed by atoms with E-state index in [1.807, 2.05) is 12.1 Å². The highest BCUT2D eigenvalue weighted by Crippen LogP contribution is 2.33. The number of anilines is 4. The van der Waals surface area contributed by atoms with Crippen molar-refractivity contribution < 1.29 is 14.2 Å². The molecule has 0 heterocycles. The maximum atomic E-state index is 6.25. The third kappa shape index (κ3) is 4.76. The second-order valence-corrected chi connectivity index (χ2v) is 5.80. The van der Waals surface area contributed by atoms with E-state index in [-0.39, 0.29) is 0 Å². The van der Waals surface area contributed by atoms with E-state index in [9.17, 15) is 0 Å². The molecule has 25 heavy (non-hydrogen) atoms. The van der Waals surface area contributed by atoms with Crippen LogP contribution in [0.1, 0.15) is 23.3 Å². The van der Waals surface area contributed by atoms with E-state index in [4.69, 9.17) is 37.1 Å². The first-order chi connectivity index (χ1) is 12.0. The van der Waals surface area contributed by atoms with Gasteiger partial charge in [0.25, 0.3) is 0 Å². The minimum Gasteiger partial charge on any atom is -0.399 e. The van der Waals surface area contributed by atoms with E-state index in [1.165, 1.54) is 0 Å². The lowest BCUT2D eigenvalue weighted by Gasteiger charge is -2.26. The summed E-state index contributed by atoms with van der Waals surface area (Å²) < 4.78 is 16.9. The molecule has 136 valence electrons. The molecule has 0 aliphatic heterocycles. The summed E-state index contributed by atoms with van der Waals surface area (Å²) in [6, 6.07) is 10.6. The van der Waals surface area contributed by atoms with Crippen LogP contribution in [-0.4, -0.2) is 27.4 Å². The first-order valence-corrected chi connectivity index (χ1v) is 7.89. The number of nitrogens with two attached hydrogens (primary N) is 4. The lowest BCUT2D eigenvalue weighted by Crippen LogP contribution is -2.20. The lowest BCUT2D eigenvalue weighted by atomic mass is 10.0. The molecule has 2 rings (SSSR count). The molecule has 7 nitrogen and oxygen atoms in total. The van der Waals surface area contributed by atoms with E-state index in [0.717, 1.165) is 11.1 Å². The van der Waals surface area contributed by atoms with Crippen LogP contribution in [0.5, 0.6) is 0 Å². The molecule has 0 fully saturated rings. The van der Waals surface area contributed by atoms with Gasteiger partial charge in [-0.1, -0.05) is 12.1 Å². The summed E-state index contributed by atoms with van der Waals surface area (Å²) in [7, 11) is 3.21. The van der Waals surface area contributed by atoms with Gasteiger partial charge in [-0.3, -0.25) is 0 Å². The molecule has 0 aromatic heterocycles. The Balaban J connectivity index is 2.33. The largest absolute Gasteiger partial charge is 0.399 e. The van der Waals surface area contributed by atoms with Crippen molar-refractivity contribution >= 4 is 22.7 Å². The predicted octanol–water partition coefficient (Wildman–Crippen LogP) is 2.11. The molecule has 2 aromatic rings. The Morgan fingerprint density at radius 3 is 1.44 bits per heavy atom. The second-order valence-electron chi connectivity index (χ2n) is 5.80. The molecule has 0 amide bonds. The van der Waals surface area contributed by atoms with Gasteiger partial charge in [-0.2, -0.15) is 0 Å². The first kappa shape index (κ1) is 18.9. The highest BCUT2D eigenvalue weighted by molar-refractivity contribution is 5.58. The number of methoxy groups -OCH3 is 2. The number of hydrogen-bond acceptors (Lipinski definition) is 7. The molecule has 0 spiro atoms. The van der Waals surface area contributed by atoms with Gasteiger partial charge < -0.3 is 37.1 Å². The highest BCUT2D eigenvalue weighted by atomic mass is 16.6. The van der Waals surface area contributed by atoms with Gasteiger partial charge in [0.1, 0.15) is 12.2 Å². The zero-order chi connectivity index (χ0) is 18.4. The first-order valence-electron chi connectivity index (χ1n) is 7.89. The van der Waals surface area contributed by atoms with Crippen LogP contribution in [0.15, 0.2) is 36.4 Å². The fraction of sp³-hybridized carbons (Fsp3) is 0.333. The fourth-order valence-corrected chi connectivity index (χ4v) is 2.68. The van der Waals surface area contributed by atoms with Crippen molar-refractivity contribution in [3.63, 3.8) is 0 Å². The lowest BCUT2D eigenvalue weighted by molar-refractivity contribution is -0.0769. The molecule has 2 aromatic carbocycles. The molecule has 7 heteroatoms. The Hall–Kier alpha value is -2.48. The van der Waals surface area contributed by atoms with Crippen LogP contribution in [0.25, 0.3) is 0 Å². The van der Waals surface area contributed by atoms with Crippen molar-refractivity contribution in [3.8, 4) is 0 Å². The fourth-order valence-electron chi connectivity index (χ4n) is 2.68. The monoisotopic (exact) mass is 346 g/mol. The summed E-state index contributed by atoms with van der Waals surface area (Å²) in [5.41, 5.74) is 27.6. The van der Waals surface area contributed by atoms with E-state index in [2.05, 4.69) is 0 Å². The Morgan fingerprint density at radius 2 is 1.12 bits per heavy atom. The summed E-state index contributed by atoms with van der Waals surface area (Å²) in [4.78, 5) is 0. The number of rotatable bonds is 8. The summed E-state index contributed by atoms with van der Waals surface area (Å²) in [6.45, 7) is 0.645. The molecule has 0 aliphatic carbocycles. The zero-order valence-electron chi connectivity index (χ0n) is 14.6. The average Bonchev–Trinajstić information content (AvgIpc) is 2.54. The van der Waals surface area contributed by atoms with Crippen molar-refractivity contribution in [2.45, 2.75) is 12.2 Å². The van der Waals surface area contributed by atoms with Gasteiger partial charge in [-0.05, 0) is 24.3 Å². The van der Waals surface area contributed by atoms with Gasteiger partial charge in [0.2, 0.25) is 0 Å². The molecule has 0 saturated carbocycles. The predicted molar refractivity (Wildman–Crippen MR) is 101 cm³/mol. The number of hydrogen-bond donors (Lipinski definition) is 4. The van der Waals surface area contributed by atoms with Crippen molar-refractivity contribution in [3.05, 3.63) is 47.5 Å². The Morgan fingerprint density at radius 1 is 0.720 bits per heavy atom. The van der Waals surface area contributed by atoms with Gasteiger partial charge in [-0.25, -0.2) is 0 Å². The Bertz CT molecular complexity index is 649. The summed E-state index contributed by atoms with van der Waals surface area (Å²) >= 11 is 0. The van der Waals surface area contributed by atoms with Crippen LogP contribution < -0.4 is 22.9 Å². The highest BCUT2D eigenvalue weighted by Gasteiger charge is 2.23. The topological polar surface area (TPSA) is 132 Å². The maximum absolute atomic E-state index is 6.25. The minimum absolute atomic E-state index is 0.323. The van der Waals surface area contributed by atoms with Crippen molar-refractivity contribution in [1.82, 2.24) is 0 Å². The molecular weight excluding hydrogens is 320 g/mol. The van der Waals surface area contributed by atoms with Crippen molar-refractivity contribution in [2.24, 2.45) is 0 Å². The van der Waals surface area contributed by atoms with Crippen molar-refractivity contribution in [1.29, 1.82) is 0 Å². The zero-order valence-corrected chi connectivity index (χ0v) is 14.6. The second kappa shape index (κ2) is 8.57. The number of benzene rings is 2. The molecule has 2 atom stereocenters. The Labute approximate surface area is 147 Å². The molecule has 0 aliphatic rings. The van der Waals surface area contributed by atoms with Gasteiger partial charge in [-0.15, -0.1) is 0 Å². The van der Waals surface area contributed by atoms with Gasteiger partial charge >= 0.3 is 0 Å². The Kier molecular flexibility index (Phi) is 6.46. The summed E-state index contributed by atoms with van der Waals surface area (Å²) in [5, 5.41) is 0. The normalized spacial score (nSPS) is 13.5.